The van der Waals surface area contributed by atoms with Gasteiger partial charge in [-0.1, -0.05) is 20.8 Å². The zero-order valence-electron chi connectivity index (χ0n) is 9.13. The number of nitrogens with two attached hydrogens (primary N) is 1. The lowest BCUT2D eigenvalue weighted by molar-refractivity contribution is -0.132. The third-order valence-corrected chi connectivity index (χ3v) is 5.44. The summed E-state index contributed by atoms with van der Waals surface area (Å²) in [5, 5.41) is 10.0. The van der Waals surface area contributed by atoms with Crippen LogP contribution < -0.4 is 5.73 Å². The van der Waals surface area contributed by atoms with Gasteiger partial charge in [-0.15, -0.1) is 0 Å². The van der Waals surface area contributed by atoms with Crippen molar-refractivity contribution < 1.29 is 9.90 Å². The van der Waals surface area contributed by atoms with Gasteiger partial charge in [-0.05, 0) is 30.1 Å². The number of aliphatic hydroxyl groups excluding tert-OH is 1. The second-order valence-electron chi connectivity index (χ2n) is 5.71. The molecule has 0 aliphatic heterocycles. The van der Waals surface area contributed by atoms with E-state index in [4.69, 9.17) is 5.73 Å². The molecule has 0 aromatic heterocycles. The highest BCUT2D eigenvalue weighted by Crippen LogP contribution is 2.71. The van der Waals surface area contributed by atoms with Crippen LogP contribution in [0.4, 0.5) is 0 Å². The molecule has 3 heteroatoms. The van der Waals surface area contributed by atoms with E-state index in [2.05, 4.69) is 20.8 Å². The molecule has 3 atom stereocenters. The molecule has 3 nitrogen and oxygen atoms in total. The van der Waals surface area contributed by atoms with Crippen LogP contribution in [0.1, 0.15) is 40.0 Å². The van der Waals surface area contributed by atoms with Gasteiger partial charge in [-0.25, -0.2) is 0 Å². The van der Waals surface area contributed by atoms with Crippen molar-refractivity contribution in [2.45, 2.75) is 46.1 Å². The number of primary amides is 1. The molecule has 2 saturated carbocycles. The van der Waals surface area contributed by atoms with Crippen LogP contribution in [0.2, 0.25) is 0 Å². The average molecular weight is 197 g/mol. The van der Waals surface area contributed by atoms with Crippen molar-refractivity contribution >= 4 is 5.91 Å². The summed E-state index contributed by atoms with van der Waals surface area (Å²) in [7, 11) is 0. The molecule has 2 aliphatic rings. The Morgan fingerprint density at radius 1 is 1.36 bits per heavy atom. The number of hydrogen-bond donors (Lipinski definition) is 2. The van der Waals surface area contributed by atoms with E-state index in [1.54, 1.807) is 0 Å². The van der Waals surface area contributed by atoms with Gasteiger partial charge in [0, 0.05) is 0 Å². The Morgan fingerprint density at radius 3 is 2.14 bits per heavy atom. The minimum Gasteiger partial charge on any atom is -0.393 e. The van der Waals surface area contributed by atoms with Crippen molar-refractivity contribution in [3.63, 3.8) is 0 Å². The van der Waals surface area contributed by atoms with E-state index in [0.717, 1.165) is 12.8 Å². The normalized spacial score (nSPS) is 49.6. The van der Waals surface area contributed by atoms with E-state index in [9.17, 15) is 9.90 Å². The van der Waals surface area contributed by atoms with Gasteiger partial charge in [-0.2, -0.15) is 0 Å². The van der Waals surface area contributed by atoms with Crippen LogP contribution in [-0.4, -0.2) is 17.1 Å². The lowest BCUT2D eigenvalue weighted by atomic mass is 9.64. The summed E-state index contributed by atoms with van der Waals surface area (Å²) < 4.78 is 0. The topological polar surface area (TPSA) is 63.3 Å². The van der Waals surface area contributed by atoms with Gasteiger partial charge in [0.2, 0.25) is 5.91 Å². The first kappa shape index (κ1) is 9.97. The molecule has 2 rings (SSSR count). The maximum atomic E-state index is 11.6. The molecule has 0 radical (unpaired) electrons. The minimum absolute atomic E-state index is 0.137. The average Bonchev–Trinajstić information content (AvgIpc) is 2.34. The van der Waals surface area contributed by atoms with Crippen molar-refractivity contribution in [3.8, 4) is 0 Å². The molecule has 2 bridgehead atoms. The molecule has 0 unspecified atom stereocenters. The van der Waals surface area contributed by atoms with Crippen molar-refractivity contribution in [2.75, 3.05) is 0 Å². The summed E-state index contributed by atoms with van der Waals surface area (Å²) >= 11 is 0. The van der Waals surface area contributed by atoms with Gasteiger partial charge < -0.3 is 10.8 Å². The van der Waals surface area contributed by atoms with Crippen LogP contribution in [0.15, 0.2) is 0 Å². The maximum Gasteiger partial charge on any atom is 0.224 e. The molecule has 2 aliphatic carbocycles. The molecule has 0 aromatic carbocycles. The fraction of sp³-hybridized carbons (Fsp3) is 0.909. The van der Waals surface area contributed by atoms with Crippen molar-refractivity contribution in [2.24, 2.45) is 22.0 Å². The first-order valence-electron chi connectivity index (χ1n) is 5.26. The summed E-state index contributed by atoms with van der Waals surface area (Å²) in [5.74, 6) is -0.234. The highest BCUT2D eigenvalue weighted by molar-refractivity contribution is 5.83. The largest absolute Gasteiger partial charge is 0.393 e. The molecule has 3 N–H and O–H groups in total. The number of aliphatic hydroxyl groups is 1. The Hall–Kier alpha value is -0.570. The number of hydrogen-bond acceptors (Lipinski definition) is 2. The molecule has 1 amide bonds. The van der Waals surface area contributed by atoms with E-state index < -0.39 is 5.41 Å². The van der Waals surface area contributed by atoms with Crippen LogP contribution in [0, 0.1) is 16.2 Å². The van der Waals surface area contributed by atoms with Gasteiger partial charge in [0.1, 0.15) is 0 Å². The van der Waals surface area contributed by atoms with E-state index in [-0.39, 0.29) is 22.8 Å². The standard InChI is InChI=1S/C11H19NO2/c1-9(2)10(3)4-5-11(9,8(12)14)6-7(10)13/h7,13H,4-6H2,1-3H3,(H2,12,14)/t7-,10-,11-/m0/s1. The zero-order chi connectivity index (χ0) is 10.8. The Labute approximate surface area is 84.7 Å². The molecule has 2 fully saturated rings. The smallest absolute Gasteiger partial charge is 0.224 e. The number of rotatable bonds is 1. The van der Waals surface area contributed by atoms with E-state index in [0.29, 0.717) is 6.42 Å². The summed E-state index contributed by atoms with van der Waals surface area (Å²) in [6.07, 6.45) is 1.91. The second-order valence-corrected chi connectivity index (χ2v) is 5.71. The Kier molecular flexibility index (Phi) is 1.65. The van der Waals surface area contributed by atoms with Crippen LogP contribution in [0.3, 0.4) is 0 Å². The molecular weight excluding hydrogens is 178 g/mol. The summed E-state index contributed by atoms with van der Waals surface area (Å²) in [6, 6.07) is 0. The van der Waals surface area contributed by atoms with Gasteiger partial charge in [0.25, 0.3) is 0 Å². The van der Waals surface area contributed by atoms with Crippen LogP contribution in [0.25, 0.3) is 0 Å². The van der Waals surface area contributed by atoms with Gasteiger partial charge >= 0.3 is 0 Å². The summed E-state index contributed by atoms with van der Waals surface area (Å²) in [5.41, 5.74) is 4.73. The molecule has 80 valence electrons. The number of amides is 1. The number of fused-ring (bicyclic) bond motifs is 2. The first-order valence-corrected chi connectivity index (χ1v) is 5.26. The maximum absolute atomic E-state index is 11.6. The molecule has 0 spiro atoms. The summed E-state index contributed by atoms with van der Waals surface area (Å²) in [4.78, 5) is 11.6. The molecule has 14 heavy (non-hydrogen) atoms. The fourth-order valence-electron chi connectivity index (χ4n) is 3.67. The highest BCUT2D eigenvalue weighted by Gasteiger charge is 2.71. The van der Waals surface area contributed by atoms with Crippen molar-refractivity contribution in [1.29, 1.82) is 0 Å². The molecular formula is C11H19NO2. The number of carbonyl (C=O) groups excluding carboxylic acids is 1. The van der Waals surface area contributed by atoms with Gasteiger partial charge in [0.05, 0.1) is 11.5 Å². The van der Waals surface area contributed by atoms with E-state index in [1.807, 2.05) is 0 Å². The zero-order valence-corrected chi connectivity index (χ0v) is 9.13. The third-order valence-electron chi connectivity index (χ3n) is 5.44. The van der Waals surface area contributed by atoms with Gasteiger partial charge in [0.15, 0.2) is 0 Å². The summed E-state index contributed by atoms with van der Waals surface area (Å²) in [6.45, 7) is 6.22. The van der Waals surface area contributed by atoms with E-state index >= 15 is 0 Å². The Morgan fingerprint density at radius 2 is 1.93 bits per heavy atom. The van der Waals surface area contributed by atoms with Crippen LogP contribution in [0.5, 0.6) is 0 Å². The third kappa shape index (κ3) is 0.724. The van der Waals surface area contributed by atoms with Gasteiger partial charge in [-0.3, -0.25) is 4.79 Å². The lowest BCUT2D eigenvalue weighted by Gasteiger charge is -2.39. The predicted molar refractivity (Wildman–Crippen MR) is 53.4 cm³/mol. The Bertz CT molecular complexity index is 300. The van der Waals surface area contributed by atoms with Crippen LogP contribution in [-0.2, 0) is 4.79 Å². The lowest BCUT2D eigenvalue weighted by Crippen LogP contribution is -2.44. The SMILES string of the molecule is CC1(C)[C@@]2(C(N)=O)CC[C@@]1(C)[C@@H](O)C2. The first-order chi connectivity index (χ1) is 6.28. The molecule has 0 aromatic rings. The fourth-order valence-corrected chi connectivity index (χ4v) is 3.67. The monoisotopic (exact) mass is 197 g/mol. The van der Waals surface area contributed by atoms with Crippen molar-refractivity contribution in [1.82, 2.24) is 0 Å². The molecule has 0 heterocycles. The molecule has 0 saturated heterocycles. The Balaban J connectivity index is 2.54. The predicted octanol–water partition coefficient (Wildman–Crippen LogP) is 1.05. The number of carbonyl (C=O) groups is 1. The van der Waals surface area contributed by atoms with E-state index in [1.165, 1.54) is 0 Å². The second kappa shape index (κ2) is 2.32. The highest BCUT2D eigenvalue weighted by atomic mass is 16.3. The van der Waals surface area contributed by atoms with Crippen LogP contribution >= 0.6 is 0 Å². The van der Waals surface area contributed by atoms with Crippen molar-refractivity contribution in [3.05, 3.63) is 0 Å². The quantitative estimate of drug-likeness (QED) is 0.660. The minimum atomic E-state index is -0.471.